The van der Waals surface area contributed by atoms with Crippen molar-refractivity contribution in [1.29, 1.82) is 0 Å². The van der Waals surface area contributed by atoms with Gasteiger partial charge in [-0.05, 0) is 42.7 Å². The van der Waals surface area contributed by atoms with Gasteiger partial charge in [-0.2, -0.15) is 0 Å². The zero-order valence-electron chi connectivity index (χ0n) is 16.7. The minimum absolute atomic E-state index is 0.0580. The number of halogens is 1. The fourth-order valence-corrected chi connectivity index (χ4v) is 3.34. The van der Waals surface area contributed by atoms with Crippen LogP contribution >= 0.6 is 11.6 Å². The summed E-state index contributed by atoms with van der Waals surface area (Å²) in [6.07, 6.45) is 2.02. The lowest BCUT2D eigenvalue weighted by molar-refractivity contribution is 0.0746. The van der Waals surface area contributed by atoms with Gasteiger partial charge in [-0.1, -0.05) is 53.7 Å². The molecular formula is C23H23ClN2O3. The highest BCUT2D eigenvalue weighted by Crippen LogP contribution is 2.32. The standard InChI is InChI=1S/C23H23ClN2O3/c1-15(17-8-6-5-7-9-17)12-16(2)26(3)23(27)19-14-29-25-22(19)18-10-11-21(28-4)20(24)13-18/h5-11,13-14,16H,1,12H2,2-4H3. The van der Waals surface area contributed by atoms with Crippen molar-refractivity contribution in [1.82, 2.24) is 10.1 Å². The number of hydrogen-bond acceptors (Lipinski definition) is 4. The van der Waals surface area contributed by atoms with E-state index in [9.17, 15) is 4.79 Å². The second-order valence-electron chi connectivity index (χ2n) is 6.86. The molecule has 29 heavy (non-hydrogen) atoms. The number of carbonyl (C=O) groups excluding carboxylic acids is 1. The van der Waals surface area contributed by atoms with E-state index in [2.05, 4.69) is 11.7 Å². The third kappa shape index (κ3) is 4.51. The molecule has 0 N–H and O–H groups in total. The summed E-state index contributed by atoms with van der Waals surface area (Å²) in [5.41, 5.74) is 3.55. The first kappa shape index (κ1) is 20.7. The average molecular weight is 411 g/mol. The number of aromatic nitrogens is 1. The van der Waals surface area contributed by atoms with E-state index in [-0.39, 0.29) is 11.9 Å². The van der Waals surface area contributed by atoms with Gasteiger partial charge >= 0.3 is 0 Å². The van der Waals surface area contributed by atoms with Gasteiger partial charge in [0.2, 0.25) is 0 Å². The Bertz CT molecular complexity index is 1010. The first-order chi connectivity index (χ1) is 13.9. The van der Waals surface area contributed by atoms with E-state index in [4.69, 9.17) is 20.9 Å². The summed E-state index contributed by atoms with van der Waals surface area (Å²) in [7, 11) is 3.31. The van der Waals surface area contributed by atoms with E-state index >= 15 is 0 Å². The minimum atomic E-state index is -0.179. The molecule has 1 atom stereocenters. The molecule has 0 saturated carbocycles. The number of methoxy groups -OCH3 is 1. The van der Waals surface area contributed by atoms with Crippen molar-refractivity contribution >= 4 is 23.1 Å². The molecule has 0 aliphatic carbocycles. The average Bonchev–Trinajstić information content (AvgIpc) is 3.23. The Kier molecular flexibility index (Phi) is 6.39. The number of carbonyl (C=O) groups is 1. The third-order valence-electron chi connectivity index (χ3n) is 4.93. The predicted molar refractivity (Wildman–Crippen MR) is 115 cm³/mol. The zero-order chi connectivity index (χ0) is 21.0. The summed E-state index contributed by atoms with van der Waals surface area (Å²) in [4.78, 5) is 14.8. The maximum Gasteiger partial charge on any atom is 0.259 e. The number of ether oxygens (including phenoxy) is 1. The van der Waals surface area contributed by atoms with Gasteiger partial charge in [-0.15, -0.1) is 0 Å². The second kappa shape index (κ2) is 8.97. The maximum absolute atomic E-state index is 13.1. The van der Waals surface area contributed by atoms with Crippen LogP contribution in [0, 0.1) is 0 Å². The third-order valence-corrected chi connectivity index (χ3v) is 5.23. The first-order valence-corrected chi connectivity index (χ1v) is 9.58. The van der Waals surface area contributed by atoms with E-state index in [1.165, 1.54) is 6.26 Å². The fourth-order valence-electron chi connectivity index (χ4n) is 3.09. The molecular weight excluding hydrogens is 388 g/mol. The monoisotopic (exact) mass is 410 g/mol. The van der Waals surface area contributed by atoms with Crippen LogP contribution in [0.3, 0.4) is 0 Å². The topological polar surface area (TPSA) is 55.6 Å². The van der Waals surface area contributed by atoms with Gasteiger partial charge in [-0.25, -0.2) is 0 Å². The molecule has 3 rings (SSSR count). The smallest absolute Gasteiger partial charge is 0.259 e. The van der Waals surface area contributed by atoms with Crippen LogP contribution in [0.15, 0.2) is 65.9 Å². The van der Waals surface area contributed by atoms with E-state index in [1.807, 2.05) is 37.3 Å². The highest BCUT2D eigenvalue weighted by molar-refractivity contribution is 6.32. The zero-order valence-corrected chi connectivity index (χ0v) is 17.4. The van der Waals surface area contributed by atoms with E-state index in [0.29, 0.717) is 34.0 Å². The van der Waals surface area contributed by atoms with Crippen LogP contribution in [-0.2, 0) is 0 Å². The lowest BCUT2D eigenvalue weighted by Gasteiger charge is -2.25. The van der Waals surface area contributed by atoms with Crippen LogP contribution in [0.25, 0.3) is 16.8 Å². The van der Waals surface area contributed by atoms with Crippen LogP contribution in [-0.4, -0.2) is 36.2 Å². The van der Waals surface area contributed by atoms with Crippen LogP contribution < -0.4 is 4.74 Å². The molecule has 0 fully saturated rings. The summed E-state index contributed by atoms with van der Waals surface area (Å²) in [6, 6.07) is 15.1. The number of nitrogens with zero attached hydrogens (tertiary/aromatic N) is 2. The van der Waals surface area contributed by atoms with Gasteiger partial charge in [-0.3, -0.25) is 4.79 Å². The Labute approximate surface area is 175 Å². The Hall–Kier alpha value is -3.05. The molecule has 0 aliphatic heterocycles. The number of rotatable bonds is 7. The van der Waals surface area contributed by atoms with Crippen molar-refractivity contribution < 1.29 is 14.1 Å². The number of amides is 1. The summed E-state index contributed by atoms with van der Waals surface area (Å²) < 4.78 is 10.3. The van der Waals surface area contributed by atoms with Gasteiger partial charge in [0.25, 0.3) is 5.91 Å². The lowest BCUT2D eigenvalue weighted by Crippen LogP contribution is -2.35. The van der Waals surface area contributed by atoms with Crippen LogP contribution in [0.5, 0.6) is 5.75 Å². The Morgan fingerprint density at radius 1 is 1.28 bits per heavy atom. The highest BCUT2D eigenvalue weighted by atomic mass is 35.5. The molecule has 1 aromatic heterocycles. The maximum atomic E-state index is 13.1. The van der Waals surface area contributed by atoms with E-state index in [1.54, 1.807) is 37.3 Å². The van der Waals surface area contributed by atoms with Crippen molar-refractivity contribution in [2.24, 2.45) is 0 Å². The van der Waals surface area contributed by atoms with Crippen LogP contribution in [0.1, 0.15) is 29.3 Å². The van der Waals surface area contributed by atoms with Crippen LogP contribution in [0.4, 0.5) is 0 Å². The van der Waals surface area contributed by atoms with Gasteiger partial charge in [0.15, 0.2) is 0 Å². The molecule has 0 saturated heterocycles. The predicted octanol–water partition coefficient (Wildman–Crippen LogP) is 5.57. The lowest BCUT2D eigenvalue weighted by atomic mass is 9.99. The Morgan fingerprint density at radius 2 is 2.00 bits per heavy atom. The molecule has 2 aromatic carbocycles. The molecule has 0 bridgehead atoms. The van der Waals surface area contributed by atoms with Crippen LogP contribution in [0.2, 0.25) is 5.02 Å². The molecule has 1 amide bonds. The fraction of sp³-hybridized carbons (Fsp3) is 0.217. The molecule has 6 heteroatoms. The molecule has 1 unspecified atom stereocenters. The van der Waals surface area contributed by atoms with Gasteiger partial charge in [0.05, 0.1) is 12.1 Å². The normalized spacial score (nSPS) is 11.7. The van der Waals surface area contributed by atoms with E-state index < -0.39 is 0 Å². The summed E-state index contributed by atoms with van der Waals surface area (Å²) in [5.74, 6) is 0.374. The minimum Gasteiger partial charge on any atom is -0.495 e. The van der Waals surface area contributed by atoms with E-state index in [0.717, 1.165) is 11.1 Å². The molecule has 5 nitrogen and oxygen atoms in total. The van der Waals surface area contributed by atoms with Crippen molar-refractivity contribution in [3.63, 3.8) is 0 Å². The van der Waals surface area contributed by atoms with Crippen molar-refractivity contribution in [2.45, 2.75) is 19.4 Å². The molecule has 0 aliphatic rings. The molecule has 0 radical (unpaired) electrons. The quantitative estimate of drug-likeness (QED) is 0.511. The Balaban J connectivity index is 1.78. The van der Waals surface area contributed by atoms with Crippen molar-refractivity contribution in [3.8, 4) is 17.0 Å². The summed E-state index contributed by atoms with van der Waals surface area (Å²) in [6.45, 7) is 6.15. The summed E-state index contributed by atoms with van der Waals surface area (Å²) >= 11 is 6.22. The molecule has 0 spiro atoms. The SMILES string of the molecule is C=C(CC(C)N(C)C(=O)c1conc1-c1ccc(OC)c(Cl)c1)c1ccccc1. The molecule has 3 aromatic rings. The number of benzene rings is 2. The molecule has 150 valence electrons. The first-order valence-electron chi connectivity index (χ1n) is 9.21. The molecule has 1 heterocycles. The van der Waals surface area contributed by atoms with Crippen molar-refractivity contribution in [3.05, 3.63) is 77.5 Å². The van der Waals surface area contributed by atoms with Gasteiger partial charge in [0, 0.05) is 18.7 Å². The summed E-state index contributed by atoms with van der Waals surface area (Å²) in [5, 5.41) is 4.45. The number of hydrogen-bond donors (Lipinski definition) is 0. The Morgan fingerprint density at radius 3 is 2.66 bits per heavy atom. The van der Waals surface area contributed by atoms with Crippen molar-refractivity contribution in [2.75, 3.05) is 14.2 Å². The van der Waals surface area contributed by atoms with Gasteiger partial charge < -0.3 is 14.2 Å². The second-order valence-corrected chi connectivity index (χ2v) is 7.27. The largest absolute Gasteiger partial charge is 0.495 e. The highest BCUT2D eigenvalue weighted by Gasteiger charge is 2.24. The van der Waals surface area contributed by atoms with Gasteiger partial charge in [0.1, 0.15) is 23.3 Å².